The monoisotopic (exact) mass is 239 g/mol. The van der Waals surface area contributed by atoms with Crippen LogP contribution in [-0.4, -0.2) is 48.9 Å². The van der Waals surface area contributed by atoms with Crippen LogP contribution in [0.3, 0.4) is 0 Å². The van der Waals surface area contributed by atoms with Gasteiger partial charge in [-0.05, 0) is 38.6 Å². The number of nitrogens with one attached hydrogen (secondary N) is 2. The number of hydrogen-bond donors (Lipinski definition) is 2. The van der Waals surface area contributed by atoms with E-state index in [-0.39, 0.29) is 24.4 Å². The molecule has 0 spiro atoms. The smallest absolute Gasteiger partial charge is 0.241 e. The molecule has 0 aromatic heterocycles. The maximum Gasteiger partial charge on any atom is 0.241 e. The fourth-order valence-electron chi connectivity index (χ4n) is 2.45. The summed E-state index contributed by atoms with van der Waals surface area (Å²) < 4.78 is 0. The van der Waals surface area contributed by atoms with E-state index in [0.717, 1.165) is 45.3 Å². The van der Waals surface area contributed by atoms with E-state index in [2.05, 4.69) is 10.6 Å². The predicted octanol–water partition coefficient (Wildman–Crippen LogP) is -0.133. The van der Waals surface area contributed by atoms with Gasteiger partial charge >= 0.3 is 0 Å². The number of piperidine rings is 1. The third-order valence-electron chi connectivity index (χ3n) is 3.50. The van der Waals surface area contributed by atoms with Gasteiger partial charge in [0.25, 0.3) is 0 Å². The number of carbonyl (C=O) groups is 2. The first-order chi connectivity index (χ1) is 8.27. The van der Waals surface area contributed by atoms with Crippen molar-refractivity contribution in [2.45, 2.75) is 38.1 Å². The van der Waals surface area contributed by atoms with Gasteiger partial charge in [-0.25, -0.2) is 0 Å². The summed E-state index contributed by atoms with van der Waals surface area (Å²) in [5.41, 5.74) is 0. The van der Waals surface area contributed by atoms with Crippen LogP contribution in [0.15, 0.2) is 0 Å². The molecule has 0 aliphatic carbocycles. The number of likely N-dealkylation sites (tertiary alicyclic amines) is 1. The molecular formula is C12H21N3O2. The summed E-state index contributed by atoms with van der Waals surface area (Å²) in [6.07, 6.45) is 5.30. The first kappa shape index (κ1) is 12.4. The molecule has 2 rings (SSSR count). The molecule has 5 heteroatoms. The standard InChI is InChI=1S/C12H21N3O2/c16-11(15-7-2-1-3-8-15)9-14-12(17)10-5-4-6-13-10/h10,13H,1-9H2,(H,14,17)/t10-/m1/s1. The molecular weight excluding hydrogens is 218 g/mol. The van der Waals surface area contributed by atoms with Gasteiger partial charge in [0.05, 0.1) is 12.6 Å². The van der Waals surface area contributed by atoms with Crippen molar-refractivity contribution in [3.63, 3.8) is 0 Å². The largest absolute Gasteiger partial charge is 0.346 e. The van der Waals surface area contributed by atoms with Crippen molar-refractivity contribution < 1.29 is 9.59 Å². The van der Waals surface area contributed by atoms with Gasteiger partial charge in [-0.2, -0.15) is 0 Å². The molecule has 0 saturated carbocycles. The van der Waals surface area contributed by atoms with E-state index >= 15 is 0 Å². The van der Waals surface area contributed by atoms with E-state index < -0.39 is 0 Å². The summed E-state index contributed by atoms with van der Waals surface area (Å²) in [5, 5.41) is 5.85. The summed E-state index contributed by atoms with van der Waals surface area (Å²) >= 11 is 0. The average Bonchev–Trinajstić information content (AvgIpc) is 2.90. The van der Waals surface area contributed by atoms with Gasteiger partial charge in [0.15, 0.2) is 0 Å². The van der Waals surface area contributed by atoms with Gasteiger partial charge in [-0.3, -0.25) is 9.59 Å². The number of carbonyl (C=O) groups excluding carboxylic acids is 2. The molecule has 2 fully saturated rings. The zero-order chi connectivity index (χ0) is 12.1. The Hall–Kier alpha value is -1.10. The molecule has 0 unspecified atom stereocenters. The Kier molecular flexibility index (Phi) is 4.36. The molecule has 2 aliphatic heterocycles. The predicted molar refractivity (Wildman–Crippen MR) is 64.5 cm³/mol. The Morgan fingerprint density at radius 2 is 1.94 bits per heavy atom. The summed E-state index contributed by atoms with van der Waals surface area (Å²) in [6, 6.07) is -0.0934. The molecule has 0 bridgehead atoms. The van der Waals surface area contributed by atoms with Crippen LogP contribution in [0.25, 0.3) is 0 Å². The van der Waals surface area contributed by atoms with E-state index in [1.54, 1.807) is 0 Å². The quantitative estimate of drug-likeness (QED) is 0.721. The van der Waals surface area contributed by atoms with Gasteiger partial charge in [-0.15, -0.1) is 0 Å². The number of hydrogen-bond acceptors (Lipinski definition) is 3. The summed E-state index contributed by atoms with van der Waals surface area (Å²) in [6.45, 7) is 2.74. The zero-order valence-electron chi connectivity index (χ0n) is 10.2. The highest BCUT2D eigenvalue weighted by atomic mass is 16.2. The van der Waals surface area contributed by atoms with Crippen molar-refractivity contribution in [2.24, 2.45) is 0 Å². The second-order valence-corrected chi connectivity index (χ2v) is 4.81. The van der Waals surface area contributed by atoms with E-state index in [0.29, 0.717) is 0 Å². The highest BCUT2D eigenvalue weighted by Gasteiger charge is 2.23. The molecule has 1 atom stereocenters. The van der Waals surface area contributed by atoms with Crippen LogP contribution in [0, 0.1) is 0 Å². The molecule has 0 aromatic carbocycles. The Balaban J connectivity index is 1.69. The molecule has 5 nitrogen and oxygen atoms in total. The lowest BCUT2D eigenvalue weighted by Crippen LogP contribution is -2.46. The SMILES string of the molecule is O=C(NCC(=O)N1CCCCC1)[C@H]1CCCN1. The molecule has 0 aromatic rings. The van der Waals surface area contributed by atoms with Crippen LogP contribution in [-0.2, 0) is 9.59 Å². The third kappa shape index (κ3) is 3.43. The minimum absolute atomic E-state index is 0.0344. The summed E-state index contributed by atoms with van der Waals surface area (Å²) in [4.78, 5) is 25.3. The number of rotatable bonds is 3. The minimum Gasteiger partial charge on any atom is -0.346 e. The Bertz CT molecular complexity index is 281. The fraction of sp³-hybridized carbons (Fsp3) is 0.833. The van der Waals surface area contributed by atoms with Crippen LogP contribution in [0.5, 0.6) is 0 Å². The van der Waals surface area contributed by atoms with Gasteiger partial charge in [-0.1, -0.05) is 0 Å². The van der Waals surface area contributed by atoms with E-state index in [1.165, 1.54) is 6.42 Å². The lowest BCUT2D eigenvalue weighted by molar-refractivity contribution is -0.133. The van der Waals surface area contributed by atoms with Gasteiger partial charge in [0, 0.05) is 13.1 Å². The van der Waals surface area contributed by atoms with Crippen LogP contribution < -0.4 is 10.6 Å². The molecule has 2 N–H and O–H groups in total. The minimum atomic E-state index is -0.0934. The van der Waals surface area contributed by atoms with Gasteiger partial charge < -0.3 is 15.5 Å². The Labute approximate surface area is 102 Å². The second-order valence-electron chi connectivity index (χ2n) is 4.81. The number of nitrogens with zero attached hydrogens (tertiary/aromatic N) is 1. The summed E-state index contributed by atoms with van der Waals surface area (Å²) in [7, 11) is 0. The molecule has 2 heterocycles. The van der Waals surface area contributed by atoms with Crippen LogP contribution in [0.4, 0.5) is 0 Å². The lowest BCUT2D eigenvalue weighted by Gasteiger charge is -2.26. The first-order valence-electron chi connectivity index (χ1n) is 6.56. The second kappa shape index (κ2) is 6.00. The summed E-state index contributed by atoms with van der Waals surface area (Å²) in [5.74, 6) is 0.0175. The van der Waals surface area contributed by atoms with Crippen LogP contribution in [0.1, 0.15) is 32.1 Å². The average molecular weight is 239 g/mol. The van der Waals surface area contributed by atoms with Crippen molar-refractivity contribution in [2.75, 3.05) is 26.2 Å². The van der Waals surface area contributed by atoms with Gasteiger partial charge in [0.1, 0.15) is 0 Å². The molecule has 2 saturated heterocycles. The Morgan fingerprint density at radius 1 is 1.18 bits per heavy atom. The highest BCUT2D eigenvalue weighted by Crippen LogP contribution is 2.08. The number of amides is 2. The normalized spacial score (nSPS) is 24.7. The molecule has 0 radical (unpaired) electrons. The third-order valence-corrected chi connectivity index (χ3v) is 3.50. The van der Waals surface area contributed by atoms with E-state index in [9.17, 15) is 9.59 Å². The van der Waals surface area contributed by atoms with E-state index in [1.807, 2.05) is 4.90 Å². The maximum absolute atomic E-state index is 11.8. The topological polar surface area (TPSA) is 61.4 Å². The van der Waals surface area contributed by atoms with Crippen molar-refractivity contribution in [1.29, 1.82) is 0 Å². The van der Waals surface area contributed by atoms with Crippen LogP contribution in [0.2, 0.25) is 0 Å². The molecule has 2 aliphatic rings. The van der Waals surface area contributed by atoms with Crippen molar-refractivity contribution in [1.82, 2.24) is 15.5 Å². The molecule has 2 amide bonds. The fourth-order valence-corrected chi connectivity index (χ4v) is 2.45. The Morgan fingerprint density at radius 3 is 2.59 bits per heavy atom. The maximum atomic E-state index is 11.8. The van der Waals surface area contributed by atoms with Crippen molar-refractivity contribution in [3.05, 3.63) is 0 Å². The zero-order valence-corrected chi connectivity index (χ0v) is 10.2. The van der Waals surface area contributed by atoms with E-state index in [4.69, 9.17) is 0 Å². The van der Waals surface area contributed by atoms with Crippen LogP contribution >= 0.6 is 0 Å². The highest BCUT2D eigenvalue weighted by molar-refractivity contribution is 5.87. The van der Waals surface area contributed by atoms with Crippen molar-refractivity contribution in [3.8, 4) is 0 Å². The molecule has 96 valence electrons. The van der Waals surface area contributed by atoms with Crippen molar-refractivity contribution >= 4 is 11.8 Å². The lowest BCUT2D eigenvalue weighted by atomic mass is 10.1. The molecule has 17 heavy (non-hydrogen) atoms. The first-order valence-corrected chi connectivity index (χ1v) is 6.56. The van der Waals surface area contributed by atoms with Gasteiger partial charge in [0.2, 0.25) is 11.8 Å².